The Balaban J connectivity index is 1.77. The normalized spacial score (nSPS) is 10.9. The number of nitrogens with zero attached hydrogens (tertiary/aromatic N) is 3. The van der Waals surface area contributed by atoms with Gasteiger partial charge in [-0.2, -0.15) is 0 Å². The number of hydrogen-bond donors (Lipinski definition) is 4. The monoisotopic (exact) mass is 385 g/mol. The van der Waals surface area contributed by atoms with Crippen LogP contribution in [0.2, 0.25) is 0 Å². The van der Waals surface area contributed by atoms with Crippen LogP contribution in [0.4, 0.5) is 17.3 Å². The molecule has 0 saturated carbocycles. The maximum absolute atomic E-state index is 11.3. The summed E-state index contributed by atoms with van der Waals surface area (Å²) in [5.74, 6) is 0.631. The maximum atomic E-state index is 11.3. The molecule has 0 aliphatic carbocycles. The van der Waals surface area contributed by atoms with Crippen LogP contribution in [0.15, 0.2) is 42.6 Å². The quantitative estimate of drug-likeness (QED) is 0.310. The Kier molecular flexibility index (Phi) is 6.41. The molecule has 9 nitrogen and oxygen atoms in total. The molecule has 2 heterocycles. The molecule has 0 aliphatic heterocycles. The highest BCUT2D eigenvalue weighted by atomic mass is 16.6. The largest absolute Gasteiger partial charge is 0.395 e. The summed E-state index contributed by atoms with van der Waals surface area (Å²) in [4.78, 5) is 20.1. The summed E-state index contributed by atoms with van der Waals surface area (Å²) in [6.07, 6.45) is 2.61. The van der Waals surface area contributed by atoms with Gasteiger partial charge in [0.25, 0.3) is 0 Å². The van der Waals surface area contributed by atoms with Gasteiger partial charge in [0.05, 0.1) is 18.1 Å². The van der Waals surface area contributed by atoms with Crippen molar-refractivity contribution in [2.24, 2.45) is 0 Å². The average Bonchev–Trinajstić information content (AvgIpc) is 3.11. The number of aliphatic hydroxyl groups is 2. The SMILES string of the molecule is O=[N+]([O-])c1ccc(N(CCO)CCO)nc1NCCc1c[nH]c2ccccc12. The minimum atomic E-state index is -0.479. The van der Waals surface area contributed by atoms with Gasteiger partial charge in [-0.25, -0.2) is 4.98 Å². The number of pyridine rings is 1. The fourth-order valence-electron chi connectivity index (χ4n) is 3.13. The molecule has 0 fully saturated rings. The van der Waals surface area contributed by atoms with Crippen LogP contribution < -0.4 is 10.2 Å². The van der Waals surface area contributed by atoms with E-state index in [9.17, 15) is 20.3 Å². The maximum Gasteiger partial charge on any atom is 0.311 e. The van der Waals surface area contributed by atoms with E-state index in [4.69, 9.17) is 0 Å². The van der Waals surface area contributed by atoms with Crippen LogP contribution in [0.1, 0.15) is 5.56 Å². The number of aromatic nitrogens is 2. The van der Waals surface area contributed by atoms with Gasteiger partial charge in [0, 0.05) is 42.8 Å². The Morgan fingerprint density at radius 1 is 1.14 bits per heavy atom. The fraction of sp³-hybridized carbons (Fsp3) is 0.316. The lowest BCUT2D eigenvalue weighted by Crippen LogP contribution is -2.30. The lowest BCUT2D eigenvalue weighted by Gasteiger charge is -2.22. The fourth-order valence-corrected chi connectivity index (χ4v) is 3.13. The van der Waals surface area contributed by atoms with Crippen molar-refractivity contribution in [1.29, 1.82) is 0 Å². The van der Waals surface area contributed by atoms with E-state index in [1.165, 1.54) is 12.1 Å². The predicted molar refractivity (Wildman–Crippen MR) is 108 cm³/mol. The first-order chi connectivity index (χ1) is 13.6. The Bertz CT molecular complexity index is 937. The number of nitro groups is 1. The van der Waals surface area contributed by atoms with E-state index in [-0.39, 0.29) is 37.8 Å². The van der Waals surface area contributed by atoms with E-state index in [2.05, 4.69) is 15.3 Å². The van der Waals surface area contributed by atoms with Crippen molar-refractivity contribution in [1.82, 2.24) is 9.97 Å². The van der Waals surface area contributed by atoms with E-state index in [1.54, 1.807) is 4.90 Å². The molecule has 0 saturated heterocycles. The molecule has 0 unspecified atom stereocenters. The van der Waals surface area contributed by atoms with Gasteiger partial charge in [-0.3, -0.25) is 10.1 Å². The molecule has 0 amide bonds. The van der Waals surface area contributed by atoms with E-state index >= 15 is 0 Å². The second-order valence-electron chi connectivity index (χ2n) is 6.26. The highest BCUT2D eigenvalue weighted by Gasteiger charge is 2.18. The zero-order valence-electron chi connectivity index (χ0n) is 15.3. The zero-order valence-corrected chi connectivity index (χ0v) is 15.3. The molecule has 2 aromatic heterocycles. The highest BCUT2D eigenvalue weighted by Crippen LogP contribution is 2.26. The average molecular weight is 385 g/mol. The number of anilines is 2. The van der Waals surface area contributed by atoms with Crippen LogP contribution in [0, 0.1) is 10.1 Å². The number of aromatic amines is 1. The van der Waals surface area contributed by atoms with Gasteiger partial charge in [0.2, 0.25) is 5.82 Å². The molecule has 0 atom stereocenters. The number of aliphatic hydroxyl groups excluding tert-OH is 2. The summed E-state index contributed by atoms with van der Waals surface area (Å²) in [6.45, 7) is 0.809. The van der Waals surface area contributed by atoms with Gasteiger partial charge in [0.1, 0.15) is 5.82 Å². The van der Waals surface area contributed by atoms with E-state index in [0.29, 0.717) is 18.8 Å². The third kappa shape index (κ3) is 4.38. The molecule has 0 radical (unpaired) electrons. The van der Waals surface area contributed by atoms with Gasteiger partial charge < -0.3 is 25.4 Å². The van der Waals surface area contributed by atoms with Crippen LogP contribution in [0.3, 0.4) is 0 Å². The molecule has 3 aromatic rings. The Hall–Kier alpha value is -3.17. The van der Waals surface area contributed by atoms with Gasteiger partial charge in [-0.05, 0) is 24.1 Å². The summed E-state index contributed by atoms with van der Waals surface area (Å²) in [5, 5.41) is 33.9. The number of H-pyrrole nitrogens is 1. The molecule has 148 valence electrons. The van der Waals surface area contributed by atoms with Crippen molar-refractivity contribution >= 4 is 28.2 Å². The van der Waals surface area contributed by atoms with Crippen molar-refractivity contribution in [2.75, 3.05) is 43.1 Å². The first-order valence-electron chi connectivity index (χ1n) is 9.05. The van der Waals surface area contributed by atoms with Crippen molar-refractivity contribution in [2.45, 2.75) is 6.42 Å². The number of fused-ring (bicyclic) bond motifs is 1. The van der Waals surface area contributed by atoms with Gasteiger partial charge in [-0.15, -0.1) is 0 Å². The van der Waals surface area contributed by atoms with Gasteiger partial charge in [0.15, 0.2) is 0 Å². The summed E-state index contributed by atoms with van der Waals surface area (Å²) in [7, 11) is 0. The van der Waals surface area contributed by atoms with Gasteiger partial charge in [-0.1, -0.05) is 18.2 Å². The minimum absolute atomic E-state index is 0.109. The predicted octanol–water partition coefficient (Wildman–Crippen LogP) is 1.92. The molecule has 0 aliphatic rings. The standard InChI is InChI=1S/C19H23N5O4/c25-11-9-23(10-12-26)18-6-5-17(24(27)28)19(22-18)20-8-7-14-13-21-16-4-2-1-3-15(14)16/h1-6,13,21,25-26H,7-12H2,(H,20,22). The third-order valence-corrected chi connectivity index (χ3v) is 4.48. The summed E-state index contributed by atoms with van der Waals surface area (Å²) in [6, 6.07) is 10.9. The molecule has 1 aromatic carbocycles. The molecular weight excluding hydrogens is 362 g/mol. The molecule has 0 bridgehead atoms. The number of nitrogens with one attached hydrogen (secondary N) is 2. The second-order valence-corrected chi connectivity index (χ2v) is 6.26. The first-order valence-corrected chi connectivity index (χ1v) is 9.05. The Morgan fingerprint density at radius 3 is 2.61 bits per heavy atom. The molecule has 9 heteroatoms. The van der Waals surface area contributed by atoms with E-state index in [1.807, 2.05) is 30.5 Å². The number of para-hydroxylation sites is 1. The summed E-state index contributed by atoms with van der Waals surface area (Å²) in [5.41, 5.74) is 2.05. The van der Waals surface area contributed by atoms with Crippen LogP contribution >= 0.6 is 0 Å². The highest BCUT2D eigenvalue weighted by molar-refractivity contribution is 5.83. The van der Waals surface area contributed by atoms with Crippen LogP contribution in [0.25, 0.3) is 10.9 Å². The number of rotatable bonds is 10. The molecule has 3 rings (SSSR count). The molecule has 0 spiro atoms. The van der Waals surface area contributed by atoms with Crippen LogP contribution in [-0.2, 0) is 6.42 Å². The molecular formula is C19H23N5O4. The smallest absolute Gasteiger partial charge is 0.311 e. The third-order valence-electron chi connectivity index (χ3n) is 4.48. The second kappa shape index (κ2) is 9.16. The zero-order chi connectivity index (χ0) is 19.9. The van der Waals surface area contributed by atoms with Crippen LogP contribution in [-0.4, -0.2) is 58.0 Å². The number of benzene rings is 1. The molecule has 28 heavy (non-hydrogen) atoms. The van der Waals surface area contributed by atoms with Crippen molar-refractivity contribution in [3.8, 4) is 0 Å². The van der Waals surface area contributed by atoms with E-state index < -0.39 is 4.92 Å². The van der Waals surface area contributed by atoms with Crippen molar-refractivity contribution in [3.63, 3.8) is 0 Å². The summed E-state index contributed by atoms with van der Waals surface area (Å²) < 4.78 is 0. The Morgan fingerprint density at radius 2 is 1.89 bits per heavy atom. The first kappa shape index (κ1) is 19.6. The summed E-state index contributed by atoms with van der Waals surface area (Å²) >= 11 is 0. The topological polar surface area (TPSA) is 128 Å². The van der Waals surface area contributed by atoms with Gasteiger partial charge >= 0.3 is 5.69 Å². The van der Waals surface area contributed by atoms with E-state index in [0.717, 1.165) is 16.5 Å². The number of hydrogen-bond acceptors (Lipinski definition) is 7. The van der Waals surface area contributed by atoms with Crippen LogP contribution in [0.5, 0.6) is 0 Å². The van der Waals surface area contributed by atoms with Crippen molar-refractivity contribution < 1.29 is 15.1 Å². The van der Waals surface area contributed by atoms with Crippen molar-refractivity contribution in [3.05, 3.63) is 58.3 Å². The molecule has 4 N–H and O–H groups in total. The lowest BCUT2D eigenvalue weighted by molar-refractivity contribution is -0.384. The minimum Gasteiger partial charge on any atom is -0.395 e. The Labute approximate surface area is 161 Å². The lowest BCUT2D eigenvalue weighted by atomic mass is 10.1.